The normalized spacial score (nSPS) is 14.8. The molecular formula is C29H35FN4O2. The number of carbonyl (C=O) groups is 1. The van der Waals surface area contributed by atoms with E-state index in [1.165, 1.54) is 12.1 Å². The van der Waals surface area contributed by atoms with Crippen molar-refractivity contribution in [3.05, 3.63) is 89.7 Å². The molecule has 36 heavy (non-hydrogen) atoms. The predicted octanol–water partition coefficient (Wildman–Crippen LogP) is 4.26. The second kappa shape index (κ2) is 11.9. The van der Waals surface area contributed by atoms with E-state index in [0.29, 0.717) is 12.3 Å². The molecule has 1 heterocycles. The fraction of sp³-hybridized carbons (Fsp3) is 0.345. The number of rotatable bonds is 9. The molecule has 0 saturated carbocycles. The molecule has 0 unspecified atom stereocenters. The lowest BCUT2D eigenvalue weighted by molar-refractivity contribution is -0.123. The minimum absolute atomic E-state index is 0.0198. The van der Waals surface area contributed by atoms with Gasteiger partial charge in [0.2, 0.25) is 0 Å². The van der Waals surface area contributed by atoms with Gasteiger partial charge in [0.05, 0.1) is 6.04 Å². The van der Waals surface area contributed by atoms with E-state index < -0.39 is 0 Å². The summed E-state index contributed by atoms with van der Waals surface area (Å²) in [6, 6.07) is 22.9. The molecule has 6 nitrogen and oxygen atoms in total. The van der Waals surface area contributed by atoms with Crippen LogP contribution in [0.25, 0.3) is 0 Å². The van der Waals surface area contributed by atoms with E-state index in [2.05, 4.69) is 44.3 Å². The van der Waals surface area contributed by atoms with Crippen molar-refractivity contribution >= 4 is 17.3 Å². The van der Waals surface area contributed by atoms with E-state index in [0.717, 1.165) is 48.7 Å². The van der Waals surface area contributed by atoms with Crippen LogP contribution < -0.4 is 19.9 Å². The highest BCUT2D eigenvalue weighted by Crippen LogP contribution is 2.26. The molecule has 1 amide bonds. The van der Waals surface area contributed by atoms with E-state index in [9.17, 15) is 9.18 Å². The van der Waals surface area contributed by atoms with Gasteiger partial charge in [0.25, 0.3) is 5.91 Å². The minimum atomic E-state index is -0.222. The molecule has 1 N–H and O–H groups in total. The first-order chi connectivity index (χ1) is 17.4. The van der Waals surface area contributed by atoms with Crippen LogP contribution >= 0.6 is 0 Å². The third-order valence-corrected chi connectivity index (χ3v) is 6.59. The predicted molar refractivity (Wildman–Crippen MR) is 143 cm³/mol. The Bertz CT molecular complexity index is 1130. The Morgan fingerprint density at radius 1 is 1.00 bits per heavy atom. The summed E-state index contributed by atoms with van der Waals surface area (Å²) in [4.78, 5) is 19.4. The molecule has 1 aliphatic rings. The number of carbonyl (C=O) groups excluding carboxylic acids is 1. The van der Waals surface area contributed by atoms with Gasteiger partial charge in [0.15, 0.2) is 6.61 Å². The summed E-state index contributed by atoms with van der Waals surface area (Å²) in [5.74, 6) is 0.329. The molecule has 4 rings (SSSR count). The van der Waals surface area contributed by atoms with Crippen molar-refractivity contribution in [2.24, 2.45) is 0 Å². The Morgan fingerprint density at radius 2 is 1.69 bits per heavy atom. The van der Waals surface area contributed by atoms with Crippen molar-refractivity contribution in [1.29, 1.82) is 0 Å². The molecular weight excluding hydrogens is 455 g/mol. The molecule has 0 radical (unpaired) electrons. The fourth-order valence-electron chi connectivity index (χ4n) is 4.51. The molecule has 3 aromatic rings. The van der Waals surface area contributed by atoms with Crippen LogP contribution in [0.3, 0.4) is 0 Å². The first-order valence-corrected chi connectivity index (χ1v) is 12.4. The van der Waals surface area contributed by atoms with E-state index in [1.54, 1.807) is 0 Å². The highest BCUT2D eigenvalue weighted by Gasteiger charge is 2.26. The van der Waals surface area contributed by atoms with Crippen LogP contribution in [0, 0.1) is 12.7 Å². The summed E-state index contributed by atoms with van der Waals surface area (Å²) in [6.07, 6.45) is 0. The minimum Gasteiger partial charge on any atom is -0.484 e. The zero-order valence-electron chi connectivity index (χ0n) is 21.3. The number of anilines is 2. The maximum atomic E-state index is 13.3. The van der Waals surface area contributed by atoms with Gasteiger partial charge in [0.1, 0.15) is 11.6 Å². The number of hydrogen-bond donors (Lipinski definition) is 1. The van der Waals surface area contributed by atoms with Gasteiger partial charge in [-0.05, 0) is 66.6 Å². The topological polar surface area (TPSA) is 48.1 Å². The Kier molecular flexibility index (Phi) is 8.44. The van der Waals surface area contributed by atoms with Crippen LogP contribution in [0.2, 0.25) is 0 Å². The van der Waals surface area contributed by atoms with Gasteiger partial charge < -0.3 is 19.9 Å². The summed E-state index contributed by atoms with van der Waals surface area (Å²) in [5, 5.41) is 3.08. The van der Waals surface area contributed by atoms with E-state index >= 15 is 0 Å². The number of hydrogen-bond acceptors (Lipinski definition) is 5. The zero-order valence-corrected chi connectivity index (χ0v) is 21.3. The molecule has 0 bridgehead atoms. The van der Waals surface area contributed by atoms with Crippen LogP contribution in [0.5, 0.6) is 5.75 Å². The monoisotopic (exact) mass is 490 g/mol. The van der Waals surface area contributed by atoms with E-state index in [-0.39, 0.29) is 24.4 Å². The lowest BCUT2D eigenvalue weighted by atomic mass is 10.0. The number of ether oxygens (including phenoxy) is 1. The second-order valence-electron chi connectivity index (χ2n) is 9.41. The van der Waals surface area contributed by atoms with Gasteiger partial charge in [-0.1, -0.05) is 24.3 Å². The molecule has 1 fully saturated rings. The third kappa shape index (κ3) is 6.76. The molecule has 0 aromatic heterocycles. The van der Waals surface area contributed by atoms with Crippen molar-refractivity contribution in [2.75, 3.05) is 63.2 Å². The van der Waals surface area contributed by atoms with Crippen molar-refractivity contribution in [3.8, 4) is 5.75 Å². The number of halogens is 1. The summed E-state index contributed by atoms with van der Waals surface area (Å²) in [5.41, 5.74) is 4.42. The molecule has 1 aliphatic heterocycles. The van der Waals surface area contributed by atoms with Crippen molar-refractivity contribution in [3.63, 3.8) is 0 Å². The number of benzene rings is 3. The van der Waals surface area contributed by atoms with Gasteiger partial charge in [-0.2, -0.15) is 0 Å². The maximum Gasteiger partial charge on any atom is 0.258 e. The fourth-order valence-corrected chi connectivity index (χ4v) is 4.51. The lowest BCUT2D eigenvalue weighted by Gasteiger charge is -2.40. The lowest BCUT2D eigenvalue weighted by Crippen LogP contribution is -2.50. The van der Waals surface area contributed by atoms with E-state index in [4.69, 9.17) is 4.74 Å². The van der Waals surface area contributed by atoms with Crippen LogP contribution in [0.15, 0.2) is 72.8 Å². The quantitative estimate of drug-likeness (QED) is 0.486. The van der Waals surface area contributed by atoms with Crippen molar-refractivity contribution in [1.82, 2.24) is 10.2 Å². The Hall–Kier alpha value is -3.58. The van der Waals surface area contributed by atoms with Crippen molar-refractivity contribution < 1.29 is 13.9 Å². The van der Waals surface area contributed by atoms with Crippen LogP contribution in [0.1, 0.15) is 17.2 Å². The standard InChI is InChI=1S/C29H35FN4O2/c1-22-5-4-6-27(19-22)36-21-29(35)31-20-28(23-7-11-25(12-8-23)32(2)3)34-17-15-33(16-18-34)26-13-9-24(30)10-14-26/h4-14,19,28H,15-18,20-21H2,1-3H3,(H,31,35)/t28-/m1/s1. The molecule has 1 atom stereocenters. The summed E-state index contributed by atoms with van der Waals surface area (Å²) in [6.45, 7) is 5.82. The smallest absolute Gasteiger partial charge is 0.258 e. The molecule has 0 aliphatic carbocycles. The number of nitrogens with one attached hydrogen (secondary N) is 1. The first kappa shape index (κ1) is 25.5. The Morgan fingerprint density at radius 3 is 2.33 bits per heavy atom. The molecule has 7 heteroatoms. The second-order valence-corrected chi connectivity index (χ2v) is 9.41. The van der Waals surface area contributed by atoms with Gasteiger partial charge in [-0.15, -0.1) is 0 Å². The van der Waals surface area contributed by atoms with Crippen LogP contribution in [-0.4, -0.2) is 64.2 Å². The Labute approximate surface area is 213 Å². The highest BCUT2D eigenvalue weighted by molar-refractivity contribution is 5.77. The maximum absolute atomic E-state index is 13.3. The van der Waals surface area contributed by atoms with Crippen LogP contribution in [-0.2, 0) is 4.79 Å². The zero-order chi connectivity index (χ0) is 25.5. The number of piperazine rings is 1. The largest absolute Gasteiger partial charge is 0.484 e. The summed E-state index contributed by atoms with van der Waals surface area (Å²) >= 11 is 0. The molecule has 0 spiro atoms. The highest BCUT2D eigenvalue weighted by atomic mass is 19.1. The van der Waals surface area contributed by atoms with Gasteiger partial charge in [0, 0.05) is 58.2 Å². The van der Waals surface area contributed by atoms with Crippen LogP contribution in [0.4, 0.5) is 15.8 Å². The average molecular weight is 491 g/mol. The first-order valence-electron chi connectivity index (χ1n) is 12.4. The average Bonchev–Trinajstić information content (AvgIpc) is 2.89. The van der Waals surface area contributed by atoms with Crippen molar-refractivity contribution in [2.45, 2.75) is 13.0 Å². The third-order valence-electron chi connectivity index (χ3n) is 6.59. The van der Waals surface area contributed by atoms with E-state index in [1.807, 2.05) is 57.4 Å². The van der Waals surface area contributed by atoms with Gasteiger partial charge in [-0.3, -0.25) is 9.69 Å². The number of nitrogens with zero attached hydrogens (tertiary/aromatic N) is 3. The summed E-state index contributed by atoms with van der Waals surface area (Å²) < 4.78 is 19.0. The molecule has 3 aromatic carbocycles. The molecule has 190 valence electrons. The summed E-state index contributed by atoms with van der Waals surface area (Å²) in [7, 11) is 4.05. The van der Waals surface area contributed by atoms with Gasteiger partial charge in [-0.25, -0.2) is 4.39 Å². The SMILES string of the molecule is Cc1cccc(OCC(=O)NC[C@H](c2ccc(N(C)C)cc2)N2CCN(c3ccc(F)cc3)CC2)c1. The van der Waals surface area contributed by atoms with Gasteiger partial charge >= 0.3 is 0 Å². The number of aryl methyl sites for hydroxylation is 1. The Balaban J connectivity index is 1.40. The number of amides is 1. The molecule has 1 saturated heterocycles.